The number of hydrogen-bond donors (Lipinski definition) is 0. The minimum Gasteiger partial charge on any atom is -0.207 e. The van der Waals surface area contributed by atoms with Crippen molar-refractivity contribution >= 4 is 0 Å². The third-order valence-electron chi connectivity index (χ3n) is 1.92. The van der Waals surface area contributed by atoms with Crippen molar-refractivity contribution in [2.45, 2.75) is 34.1 Å². The monoisotopic (exact) mass is 180 g/mol. The zero-order valence-corrected chi connectivity index (χ0v) is 8.82. The molecule has 0 nitrogen and oxygen atoms in total. The maximum absolute atomic E-state index is 13.3. The maximum Gasteiger partial charge on any atom is 0.126 e. The average molecular weight is 180 g/mol. The van der Waals surface area contributed by atoms with Gasteiger partial charge in [-0.1, -0.05) is 38.5 Å². The molecule has 0 amide bonds. The van der Waals surface area contributed by atoms with Gasteiger partial charge in [-0.3, -0.25) is 0 Å². The Bertz CT molecular complexity index is 294. The Morgan fingerprint density at radius 3 is 2.38 bits per heavy atom. The molecule has 0 aliphatic rings. The maximum atomic E-state index is 13.3. The van der Waals surface area contributed by atoms with Gasteiger partial charge in [0.1, 0.15) is 5.82 Å². The average Bonchev–Trinajstić information content (AvgIpc) is 1.94. The summed E-state index contributed by atoms with van der Waals surface area (Å²) in [6.45, 7) is 8.35. The van der Waals surface area contributed by atoms with E-state index in [2.05, 4.69) is 20.8 Å². The van der Waals surface area contributed by atoms with E-state index < -0.39 is 0 Å². The summed E-state index contributed by atoms with van der Waals surface area (Å²) in [6.07, 6.45) is 0.792. The van der Waals surface area contributed by atoms with Crippen molar-refractivity contribution in [2.75, 3.05) is 0 Å². The van der Waals surface area contributed by atoms with Gasteiger partial charge in [0.2, 0.25) is 0 Å². The Kier molecular flexibility index (Phi) is 2.74. The van der Waals surface area contributed by atoms with E-state index in [4.69, 9.17) is 0 Å². The van der Waals surface area contributed by atoms with Crippen molar-refractivity contribution in [1.82, 2.24) is 0 Å². The van der Waals surface area contributed by atoms with Crippen molar-refractivity contribution < 1.29 is 4.39 Å². The highest BCUT2D eigenvalue weighted by Crippen LogP contribution is 2.22. The Labute approximate surface area is 79.8 Å². The first-order valence-corrected chi connectivity index (χ1v) is 4.63. The van der Waals surface area contributed by atoms with Crippen molar-refractivity contribution in [3.05, 3.63) is 35.1 Å². The summed E-state index contributed by atoms with van der Waals surface area (Å²) >= 11 is 0. The largest absolute Gasteiger partial charge is 0.207 e. The minimum absolute atomic E-state index is 0.0828. The van der Waals surface area contributed by atoms with Crippen LogP contribution in [0.1, 0.15) is 31.9 Å². The van der Waals surface area contributed by atoms with E-state index in [0.717, 1.165) is 17.5 Å². The molecule has 0 aliphatic heterocycles. The zero-order chi connectivity index (χ0) is 10.1. The minimum atomic E-state index is -0.0828. The molecule has 1 aromatic rings. The molecule has 0 spiro atoms. The molecule has 0 atom stereocenters. The fourth-order valence-electron chi connectivity index (χ4n) is 1.41. The molecule has 1 heteroatoms. The van der Waals surface area contributed by atoms with Crippen molar-refractivity contribution in [3.63, 3.8) is 0 Å². The molecule has 0 saturated heterocycles. The highest BCUT2D eigenvalue weighted by molar-refractivity contribution is 5.24. The molecule has 0 saturated carbocycles. The van der Waals surface area contributed by atoms with Gasteiger partial charge in [0, 0.05) is 0 Å². The van der Waals surface area contributed by atoms with E-state index in [1.807, 2.05) is 19.1 Å². The van der Waals surface area contributed by atoms with Crippen LogP contribution in [0.5, 0.6) is 0 Å². The second kappa shape index (κ2) is 3.49. The molecule has 72 valence electrons. The first-order chi connectivity index (χ1) is 5.88. The molecule has 0 bridgehead atoms. The lowest BCUT2D eigenvalue weighted by Gasteiger charge is -2.18. The lowest BCUT2D eigenvalue weighted by molar-refractivity contribution is 0.402. The fourth-order valence-corrected chi connectivity index (χ4v) is 1.41. The van der Waals surface area contributed by atoms with Crippen LogP contribution in [0.4, 0.5) is 4.39 Å². The molecule has 0 N–H and O–H groups in total. The summed E-state index contributed by atoms with van der Waals surface area (Å²) in [5.41, 5.74) is 2.10. The van der Waals surface area contributed by atoms with Gasteiger partial charge in [-0.2, -0.15) is 0 Å². The lowest BCUT2D eigenvalue weighted by atomic mass is 9.87. The number of aryl methyl sites for hydroxylation is 1. The van der Waals surface area contributed by atoms with Gasteiger partial charge in [0.15, 0.2) is 0 Å². The molecular weight excluding hydrogens is 163 g/mol. The number of rotatable bonds is 1. The van der Waals surface area contributed by atoms with Crippen LogP contribution < -0.4 is 0 Å². The smallest absolute Gasteiger partial charge is 0.126 e. The third kappa shape index (κ3) is 3.17. The summed E-state index contributed by atoms with van der Waals surface area (Å²) in [6, 6.07) is 5.29. The molecule has 0 radical (unpaired) electrons. The Hall–Kier alpha value is -0.850. The zero-order valence-electron chi connectivity index (χ0n) is 8.82. The summed E-state index contributed by atoms with van der Waals surface area (Å²) in [4.78, 5) is 0. The van der Waals surface area contributed by atoms with Crippen molar-refractivity contribution in [3.8, 4) is 0 Å². The van der Waals surface area contributed by atoms with Gasteiger partial charge in [-0.15, -0.1) is 0 Å². The SMILES string of the molecule is Cc1ccc(F)c(CC(C)(C)C)c1. The lowest BCUT2D eigenvalue weighted by Crippen LogP contribution is -2.10. The van der Waals surface area contributed by atoms with Gasteiger partial charge >= 0.3 is 0 Å². The summed E-state index contributed by atoms with van der Waals surface area (Å²) < 4.78 is 13.3. The number of hydrogen-bond acceptors (Lipinski definition) is 0. The second-order valence-electron chi connectivity index (χ2n) is 4.83. The Balaban J connectivity index is 2.94. The van der Waals surface area contributed by atoms with Crippen LogP contribution in [0.25, 0.3) is 0 Å². The van der Waals surface area contributed by atoms with Gasteiger partial charge in [-0.25, -0.2) is 4.39 Å². The van der Waals surface area contributed by atoms with E-state index in [0.29, 0.717) is 0 Å². The normalized spacial score (nSPS) is 11.8. The number of halogens is 1. The van der Waals surface area contributed by atoms with Gasteiger partial charge in [-0.05, 0) is 30.4 Å². The van der Waals surface area contributed by atoms with Crippen molar-refractivity contribution in [2.24, 2.45) is 5.41 Å². The van der Waals surface area contributed by atoms with Crippen LogP contribution in [0.2, 0.25) is 0 Å². The van der Waals surface area contributed by atoms with Crippen LogP contribution in [0.15, 0.2) is 18.2 Å². The molecule has 0 heterocycles. The molecule has 0 aromatic heterocycles. The summed E-state index contributed by atoms with van der Waals surface area (Å²) in [7, 11) is 0. The Morgan fingerprint density at radius 2 is 1.85 bits per heavy atom. The molecule has 0 unspecified atom stereocenters. The standard InChI is InChI=1S/C12H17F/c1-9-5-6-11(13)10(7-9)8-12(2,3)4/h5-7H,8H2,1-4H3. The van der Waals surface area contributed by atoms with Crippen LogP contribution in [-0.2, 0) is 6.42 Å². The van der Waals surface area contributed by atoms with Crippen molar-refractivity contribution in [1.29, 1.82) is 0 Å². The van der Waals surface area contributed by atoms with Crippen LogP contribution in [-0.4, -0.2) is 0 Å². The van der Waals surface area contributed by atoms with Gasteiger partial charge < -0.3 is 0 Å². The van der Waals surface area contributed by atoms with E-state index in [9.17, 15) is 4.39 Å². The predicted octanol–water partition coefficient (Wildman–Crippen LogP) is 3.72. The van der Waals surface area contributed by atoms with Gasteiger partial charge in [0.05, 0.1) is 0 Å². The van der Waals surface area contributed by atoms with E-state index in [1.54, 1.807) is 6.07 Å². The van der Waals surface area contributed by atoms with E-state index >= 15 is 0 Å². The van der Waals surface area contributed by atoms with E-state index in [1.165, 1.54) is 0 Å². The molecule has 0 fully saturated rings. The fraction of sp³-hybridized carbons (Fsp3) is 0.500. The molecule has 0 aliphatic carbocycles. The highest BCUT2D eigenvalue weighted by Gasteiger charge is 2.13. The highest BCUT2D eigenvalue weighted by atomic mass is 19.1. The van der Waals surface area contributed by atoms with Gasteiger partial charge in [0.25, 0.3) is 0 Å². The first kappa shape index (κ1) is 10.2. The molecule has 1 aromatic carbocycles. The van der Waals surface area contributed by atoms with Crippen LogP contribution >= 0.6 is 0 Å². The topological polar surface area (TPSA) is 0 Å². The second-order valence-corrected chi connectivity index (χ2v) is 4.83. The Morgan fingerprint density at radius 1 is 1.23 bits per heavy atom. The van der Waals surface area contributed by atoms with E-state index in [-0.39, 0.29) is 11.2 Å². The molecular formula is C12H17F. The van der Waals surface area contributed by atoms with Crippen LogP contribution in [0.3, 0.4) is 0 Å². The third-order valence-corrected chi connectivity index (χ3v) is 1.92. The molecule has 1 rings (SSSR count). The summed E-state index contributed by atoms with van der Waals surface area (Å²) in [5.74, 6) is -0.0828. The molecule has 13 heavy (non-hydrogen) atoms. The van der Waals surface area contributed by atoms with Crippen LogP contribution in [0, 0.1) is 18.2 Å². The quantitative estimate of drug-likeness (QED) is 0.618. The predicted molar refractivity (Wildman–Crippen MR) is 54.3 cm³/mol. The number of benzene rings is 1. The summed E-state index contributed by atoms with van der Waals surface area (Å²) in [5, 5.41) is 0. The first-order valence-electron chi connectivity index (χ1n) is 4.63.